The van der Waals surface area contributed by atoms with Gasteiger partial charge in [0.05, 0.1) is 6.04 Å². The summed E-state index contributed by atoms with van der Waals surface area (Å²) in [6.45, 7) is 5.49. The van der Waals surface area contributed by atoms with E-state index in [-0.39, 0.29) is 5.91 Å². The van der Waals surface area contributed by atoms with Crippen LogP contribution in [-0.2, 0) is 4.79 Å². The fourth-order valence-corrected chi connectivity index (χ4v) is 3.95. The molecule has 5 N–H and O–H groups in total. The van der Waals surface area contributed by atoms with E-state index in [1.807, 2.05) is 0 Å². The fraction of sp³-hybridized carbons (Fsp3) is 0.960. The van der Waals surface area contributed by atoms with Gasteiger partial charge in [-0.25, -0.2) is 0 Å². The van der Waals surface area contributed by atoms with Crippen LogP contribution in [0.2, 0.25) is 6.82 Å². The van der Waals surface area contributed by atoms with Crippen LogP contribution in [0, 0.1) is 0 Å². The number of nitrogens with one attached hydrogen (secondary N) is 2. The molecule has 31 heavy (non-hydrogen) atoms. The predicted molar refractivity (Wildman–Crippen MR) is 136 cm³/mol. The molecule has 0 rings (SSSR count). The van der Waals surface area contributed by atoms with Crippen molar-refractivity contribution in [3.05, 3.63) is 0 Å². The van der Waals surface area contributed by atoms with Gasteiger partial charge in [-0.05, 0) is 32.6 Å². The Kier molecular flexibility index (Phi) is 23.6. The molecule has 0 aliphatic heterocycles. The summed E-state index contributed by atoms with van der Waals surface area (Å²) in [4.78, 5) is 12.0. The minimum absolute atomic E-state index is 0.0237. The van der Waals surface area contributed by atoms with E-state index in [0.29, 0.717) is 6.42 Å². The minimum Gasteiger partial charge on any atom is -0.437 e. The van der Waals surface area contributed by atoms with E-state index < -0.39 is 13.1 Å². The van der Waals surface area contributed by atoms with Crippen molar-refractivity contribution in [2.45, 2.75) is 142 Å². The highest BCUT2D eigenvalue weighted by Gasteiger charge is 2.12. The van der Waals surface area contributed by atoms with E-state index in [2.05, 4.69) is 17.5 Å². The Balaban J connectivity index is 3.25. The van der Waals surface area contributed by atoms with Gasteiger partial charge in [0.25, 0.3) is 0 Å². The van der Waals surface area contributed by atoms with Gasteiger partial charge in [-0.3, -0.25) is 4.79 Å². The second-order valence-electron chi connectivity index (χ2n) is 9.33. The summed E-state index contributed by atoms with van der Waals surface area (Å²) in [7, 11) is -0.475. The van der Waals surface area contributed by atoms with Crippen molar-refractivity contribution in [2.75, 3.05) is 13.1 Å². The first-order valence-corrected chi connectivity index (χ1v) is 13.5. The monoisotopic (exact) mass is 439 g/mol. The molecule has 0 bridgehead atoms. The van der Waals surface area contributed by atoms with Gasteiger partial charge in [0.1, 0.15) is 0 Å². The van der Waals surface area contributed by atoms with Gasteiger partial charge in [-0.15, -0.1) is 0 Å². The normalized spacial score (nSPS) is 12.1. The summed E-state index contributed by atoms with van der Waals surface area (Å²) < 4.78 is 0. The van der Waals surface area contributed by atoms with E-state index in [4.69, 9.17) is 10.8 Å². The molecule has 0 saturated heterocycles. The Bertz CT molecular complexity index is 384. The summed E-state index contributed by atoms with van der Waals surface area (Å²) in [6.07, 6.45) is 24.3. The van der Waals surface area contributed by atoms with Gasteiger partial charge < -0.3 is 21.3 Å². The zero-order valence-electron chi connectivity index (χ0n) is 20.9. The average molecular weight is 440 g/mol. The molecule has 6 heteroatoms. The van der Waals surface area contributed by atoms with E-state index in [1.165, 1.54) is 96.3 Å². The number of hydrogen-bond acceptors (Lipinski definition) is 4. The Hall–Kier alpha value is -0.585. The van der Waals surface area contributed by atoms with Gasteiger partial charge in [0.2, 0.25) is 5.91 Å². The van der Waals surface area contributed by atoms with Gasteiger partial charge in [0.15, 0.2) is 0 Å². The Morgan fingerprint density at radius 1 is 0.742 bits per heavy atom. The molecule has 0 aromatic heterocycles. The summed E-state index contributed by atoms with van der Waals surface area (Å²) in [5, 5.41) is 15.0. The Morgan fingerprint density at radius 3 is 1.61 bits per heavy atom. The summed E-state index contributed by atoms with van der Waals surface area (Å²) in [5.41, 5.74) is 5.95. The maximum absolute atomic E-state index is 12.0. The number of amides is 1. The van der Waals surface area contributed by atoms with Gasteiger partial charge in [-0.1, -0.05) is 110 Å². The van der Waals surface area contributed by atoms with E-state index in [1.54, 1.807) is 6.82 Å². The lowest BCUT2D eigenvalue weighted by Gasteiger charge is -2.12. The predicted octanol–water partition coefficient (Wildman–Crippen LogP) is 5.56. The van der Waals surface area contributed by atoms with Crippen molar-refractivity contribution in [2.24, 2.45) is 5.73 Å². The zero-order chi connectivity index (χ0) is 23.0. The molecule has 0 fully saturated rings. The SMILES string of the molecule is CCCCCCCCCCCCCCCCCCNC(=O)[C@@H](N)CCCCNB(C)O. The van der Waals surface area contributed by atoms with Crippen LogP contribution in [0.15, 0.2) is 0 Å². The Morgan fingerprint density at radius 2 is 1.16 bits per heavy atom. The lowest BCUT2D eigenvalue weighted by molar-refractivity contribution is -0.122. The van der Waals surface area contributed by atoms with Gasteiger partial charge >= 0.3 is 7.05 Å². The van der Waals surface area contributed by atoms with Crippen molar-refractivity contribution in [1.82, 2.24) is 10.5 Å². The van der Waals surface area contributed by atoms with E-state index in [9.17, 15) is 4.79 Å². The first kappa shape index (κ1) is 30.4. The molecule has 0 aromatic carbocycles. The number of unbranched alkanes of at least 4 members (excludes halogenated alkanes) is 16. The molecule has 0 heterocycles. The van der Waals surface area contributed by atoms with Crippen LogP contribution in [0.5, 0.6) is 0 Å². The molecule has 0 radical (unpaired) electrons. The standard InChI is InChI=1S/C25H54BN3O2/c1-3-4-5-6-7-8-9-10-11-12-13-14-15-16-17-19-22-28-25(30)24(27)21-18-20-23-29-26(2)31/h24,29,31H,3-23,27H2,1-2H3,(H,28,30)/t24-/m0/s1. The number of nitrogens with two attached hydrogens (primary N) is 1. The lowest BCUT2D eigenvalue weighted by Crippen LogP contribution is -2.41. The van der Waals surface area contributed by atoms with Gasteiger partial charge in [0, 0.05) is 6.54 Å². The van der Waals surface area contributed by atoms with Crippen LogP contribution >= 0.6 is 0 Å². The first-order valence-electron chi connectivity index (χ1n) is 13.5. The van der Waals surface area contributed by atoms with Crippen molar-refractivity contribution in [3.63, 3.8) is 0 Å². The zero-order valence-corrected chi connectivity index (χ0v) is 20.9. The maximum atomic E-state index is 12.0. The number of carbonyl (C=O) groups is 1. The largest absolute Gasteiger partial charge is 0.437 e. The molecule has 5 nitrogen and oxygen atoms in total. The minimum atomic E-state index is -0.475. The second kappa shape index (κ2) is 24.1. The van der Waals surface area contributed by atoms with Crippen LogP contribution in [0.25, 0.3) is 0 Å². The molecule has 1 atom stereocenters. The van der Waals surface area contributed by atoms with Crippen LogP contribution in [0.1, 0.15) is 129 Å². The number of rotatable bonds is 24. The quantitative estimate of drug-likeness (QED) is 0.117. The van der Waals surface area contributed by atoms with Crippen LogP contribution in [0.4, 0.5) is 0 Å². The smallest absolute Gasteiger partial charge is 0.373 e. The van der Waals surface area contributed by atoms with Crippen molar-refractivity contribution < 1.29 is 9.82 Å². The highest BCUT2D eigenvalue weighted by molar-refractivity contribution is 6.45. The van der Waals surface area contributed by atoms with Crippen LogP contribution in [0.3, 0.4) is 0 Å². The van der Waals surface area contributed by atoms with Crippen LogP contribution in [-0.4, -0.2) is 37.1 Å². The molecular formula is C25H54BN3O2. The molecule has 0 saturated carbocycles. The van der Waals surface area contributed by atoms with E-state index >= 15 is 0 Å². The third kappa shape index (κ3) is 23.9. The Labute approximate surface area is 194 Å². The van der Waals surface area contributed by atoms with Crippen molar-refractivity contribution >= 4 is 13.0 Å². The first-order chi connectivity index (χ1) is 15.1. The van der Waals surface area contributed by atoms with Crippen molar-refractivity contribution in [3.8, 4) is 0 Å². The molecule has 0 aliphatic rings. The van der Waals surface area contributed by atoms with Gasteiger partial charge in [-0.2, -0.15) is 0 Å². The highest BCUT2D eigenvalue weighted by Crippen LogP contribution is 2.13. The molecule has 0 spiro atoms. The van der Waals surface area contributed by atoms with E-state index in [0.717, 1.165) is 32.4 Å². The van der Waals surface area contributed by atoms with Crippen LogP contribution < -0.4 is 16.3 Å². The molecule has 0 unspecified atom stereocenters. The molecule has 184 valence electrons. The fourth-order valence-electron chi connectivity index (χ4n) is 3.95. The molecular weight excluding hydrogens is 385 g/mol. The van der Waals surface area contributed by atoms with Crippen molar-refractivity contribution in [1.29, 1.82) is 0 Å². The third-order valence-electron chi connectivity index (χ3n) is 6.05. The number of hydrogen-bond donors (Lipinski definition) is 4. The number of carbonyl (C=O) groups excluding carboxylic acids is 1. The molecule has 1 amide bonds. The second-order valence-corrected chi connectivity index (χ2v) is 9.33. The molecule has 0 aromatic rings. The highest BCUT2D eigenvalue weighted by atomic mass is 16.2. The lowest BCUT2D eigenvalue weighted by atomic mass is 9.89. The maximum Gasteiger partial charge on any atom is 0.373 e. The summed E-state index contributed by atoms with van der Waals surface area (Å²) in [6, 6.07) is -0.410. The third-order valence-corrected chi connectivity index (χ3v) is 6.05. The molecule has 0 aliphatic carbocycles. The average Bonchev–Trinajstić information content (AvgIpc) is 2.75. The summed E-state index contributed by atoms with van der Waals surface area (Å²) in [5.74, 6) is -0.0237. The summed E-state index contributed by atoms with van der Waals surface area (Å²) >= 11 is 0. The topological polar surface area (TPSA) is 87.4 Å².